The van der Waals surface area contributed by atoms with E-state index in [9.17, 15) is 30.7 Å². The van der Waals surface area contributed by atoms with E-state index in [2.05, 4.69) is 4.74 Å². The van der Waals surface area contributed by atoms with E-state index in [0.29, 0.717) is 0 Å². The Labute approximate surface area is 95.6 Å². The van der Waals surface area contributed by atoms with Gasteiger partial charge in [0.25, 0.3) is 0 Å². The van der Waals surface area contributed by atoms with Crippen LogP contribution in [0.1, 0.15) is 5.56 Å². The van der Waals surface area contributed by atoms with E-state index < -0.39 is 54.0 Å². The first-order chi connectivity index (χ1) is 8.19. The minimum absolute atomic E-state index is 1.33. The average molecular weight is 278 g/mol. The summed E-state index contributed by atoms with van der Waals surface area (Å²) in [6, 6.07) is 0. The maximum atomic E-state index is 13.1. The molecule has 0 unspecified atom stereocenters. The van der Waals surface area contributed by atoms with E-state index in [0.717, 1.165) is 0 Å². The van der Waals surface area contributed by atoms with Gasteiger partial charge in [-0.1, -0.05) is 0 Å². The SMILES string of the molecule is OCc1c(F)c(F)c(OCC(F)(F)F)c(F)c1F. The van der Waals surface area contributed by atoms with Crippen molar-refractivity contribution in [1.29, 1.82) is 0 Å². The van der Waals surface area contributed by atoms with Crippen molar-refractivity contribution < 1.29 is 40.6 Å². The number of hydrogen-bond donors (Lipinski definition) is 1. The van der Waals surface area contributed by atoms with Gasteiger partial charge < -0.3 is 9.84 Å². The lowest BCUT2D eigenvalue weighted by atomic mass is 10.1. The molecule has 9 heteroatoms. The van der Waals surface area contributed by atoms with Crippen molar-refractivity contribution in [1.82, 2.24) is 0 Å². The normalized spacial score (nSPS) is 11.8. The first kappa shape index (κ1) is 14.6. The molecule has 0 atom stereocenters. The molecule has 1 aromatic rings. The Bertz CT molecular complexity index is 426. The molecule has 0 radical (unpaired) electrons. The van der Waals surface area contributed by atoms with Gasteiger partial charge in [-0.2, -0.15) is 22.0 Å². The van der Waals surface area contributed by atoms with Gasteiger partial charge in [0.05, 0.1) is 12.2 Å². The fraction of sp³-hybridized carbons (Fsp3) is 0.333. The zero-order valence-corrected chi connectivity index (χ0v) is 8.42. The van der Waals surface area contributed by atoms with Crippen LogP contribution in [0.4, 0.5) is 30.7 Å². The van der Waals surface area contributed by atoms with Crippen LogP contribution >= 0.6 is 0 Å². The number of alkyl halides is 3. The first-order valence-corrected chi connectivity index (χ1v) is 4.34. The maximum absolute atomic E-state index is 13.1. The number of rotatable bonds is 3. The van der Waals surface area contributed by atoms with E-state index in [1.165, 1.54) is 0 Å². The number of aliphatic hydroxyl groups excluding tert-OH is 1. The average Bonchev–Trinajstić information content (AvgIpc) is 2.26. The molecule has 0 spiro atoms. The van der Waals surface area contributed by atoms with Crippen molar-refractivity contribution in [2.75, 3.05) is 6.61 Å². The summed E-state index contributed by atoms with van der Waals surface area (Å²) in [5.74, 6) is -10.1. The molecule has 1 aromatic carbocycles. The van der Waals surface area contributed by atoms with Gasteiger partial charge in [0.15, 0.2) is 24.0 Å². The monoisotopic (exact) mass is 278 g/mol. The Morgan fingerprint density at radius 2 is 1.33 bits per heavy atom. The Hall–Kier alpha value is -1.51. The van der Waals surface area contributed by atoms with E-state index in [1.54, 1.807) is 0 Å². The second kappa shape index (κ2) is 5.01. The van der Waals surface area contributed by atoms with Crippen LogP contribution in [-0.2, 0) is 6.61 Å². The largest absolute Gasteiger partial charge is 0.478 e. The smallest absolute Gasteiger partial charge is 0.422 e. The number of aliphatic hydroxyl groups is 1. The molecule has 0 aromatic heterocycles. The standard InChI is InChI=1S/C9H5F7O2/c10-4-3(1-17)5(11)7(13)8(6(4)12)18-2-9(14,15)16/h17H,1-2H2. The number of halogens is 7. The third-order valence-corrected chi connectivity index (χ3v) is 1.85. The molecule has 0 aliphatic heterocycles. The molecule has 0 bridgehead atoms. The Morgan fingerprint density at radius 1 is 0.889 bits per heavy atom. The Morgan fingerprint density at radius 3 is 1.67 bits per heavy atom. The summed E-state index contributed by atoms with van der Waals surface area (Å²) >= 11 is 0. The van der Waals surface area contributed by atoms with Gasteiger partial charge in [-0.25, -0.2) is 8.78 Å². The Kier molecular flexibility index (Phi) is 4.05. The third-order valence-electron chi connectivity index (χ3n) is 1.85. The van der Waals surface area contributed by atoms with Crippen molar-refractivity contribution in [3.63, 3.8) is 0 Å². The summed E-state index contributed by atoms with van der Waals surface area (Å²) in [5.41, 5.74) is -1.33. The first-order valence-electron chi connectivity index (χ1n) is 4.34. The van der Waals surface area contributed by atoms with Crippen molar-refractivity contribution in [3.05, 3.63) is 28.8 Å². The number of benzene rings is 1. The van der Waals surface area contributed by atoms with Gasteiger partial charge in [0, 0.05) is 0 Å². The zero-order chi connectivity index (χ0) is 14.1. The second-order valence-corrected chi connectivity index (χ2v) is 3.13. The summed E-state index contributed by atoms with van der Waals surface area (Å²) in [6.45, 7) is -3.47. The predicted molar refractivity (Wildman–Crippen MR) is 43.7 cm³/mol. The van der Waals surface area contributed by atoms with Gasteiger partial charge in [-0.3, -0.25) is 0 Å². The lowest BCUT2D eigenvalue weighted by Crippen LogP contribution is -2.21. The van der Waals surface area contributed by atoms with E-state index in [-0.39, 0.29) is 0 Å². The Balaban J connectivity index is 3.21. The molecule has 2 nitrogen and oxygen atoms in total. The highest BCUT2D eigenvalue weighted by Gasteiger charge is 2.32. The molecule has 1 rings (SSSR count). The molecule has 102 valence electrons. The maximum Gasteiger partial charge on any atom is 0.422 e. The molecular formula is C9H5F7O2. The van der Waals surface area contributed by atoms with Crippen LogP contribution < -0.4 is 4.74 Å². The van der Waals surface area contributed by atoms with E-state index in [4.69, 9.17) is 5.11 Å². The minimum Gasteiger partial charge on any atom is -0.478 e. The fourth-order valence-electron chi connectivity index (χ4n) is 1.08. The van der Waals surface area contributed by atoms with Gasteiger partial charge in [0.2, 0.25) is 11.6 Å². The van der Waals surface area contributed by atoms with Gasteiger partial charge in [-0.15, -0.1) is 0 Å². The number of hydrogen-bond acceptors (Lipinski definition) is 2. The highest BCUT2D eigenvalue weighted by Crippen LogP contribution is 2.31. The number of ether oxygens (including phenoxy) is 1. The topological polar surface area (TPSA) is 29.5 Å². The predicted octanol–water partition coefficient (Wildman–Crippen LogP) is 2.68. The lowest BCUT2D eigenvalue weighted by molar-refractivity contribution is -0.154. The summed E-state index contributed by atoms with van der Waals surface area (Å²) in [7, 11) is 0. The van der Waals surface area contributed by atoms with Crippen LogP contribution in [0.5, 0.6) is 5.75 Å². The van der Waals surface area contributed by atoms with E-state index in [1.807, 2.05) is 0 Å². The zero-order valence-electron chi connectivity index (χ0n) is 8.42. The van der Waals surface area contributed by atoms with Crippen molar-refractivity contribution in [3.8, 4) is 5.75 Å². The quantitative estimate of drug-likeness (QED) is 0.680. The minimum atomic E-state index is -4.93. The van der Waals surface area contributed by atoms with Crippen molar-refractivity contribution in [2.24, 2.45) is 0 Å². The summed E-state index contributed by atoms with van der Waals surface area (Å²) in [6.07, 6.45) is -4.93. The van der Waals surface area contributed by atoms with E-state index >= 15 is 0 Å². The molecule has 18 heavy (non-hydrogen) atoms. The third kappa shape index (κ3) is 2.84. The van der Waals surface area contributed by atoms with Crippen LogP contribution in [0.2, 0.25) is 0 Å². The van der Waals surface area contributed by atoms with Crippen LogP contribution in [0.15, 0.2) is 0 Å². The lowest BCUT2D eigenvalue weighted by Gasteiger charge is -2.13. The second-order valence-electron chi connectivity index (χ2n) is 3.13. The van der Waals surface area contributed by atoms with Gasteiger partial charge >= 0.3 is 6.18 Å². The molecular weight excluding hydrogens is 273 g/mol. The van der Waals surface area contributed by atoms with Crippen molar-refractivity contribution >= 4 is 0 Å². The van der Waals surface area contributed by atoms with Gasteiger partial charge in [-0.05, 0) is 0 Å². The summed E-state index contributed by atoms with van der Waals surface area (Å²) < 4.78 is 91.1. The van der Waals surface area contributed by atoms with Crippen LogP contribution in [-0.4, -0.2) is 17.9 Å². The molecule has 0 fully saturated rings. The molecule has 0 aliphatic rings. The van der Waals surface area contributed by atoms with Crippen LogP contribution in [0, 0.1) is 23.3 Å². The van der Waals surface area contributed by atoms with Crippen molar-refractivity contribution in [2.45, 2.75) is 12.8 Å². The molecule has 0 amide bonds. The van der Waals surface area contributed by atoms with Crippen LogP contribution in [0.25, 0.3) is 0 Å². The summed E-state index contributed by atoms with van der Waals surface area (Å²) in [5, 5.41) is 8.46. The fourth-order valence-corrected chi connectivity index (χ4v) is 1.08. The molecule has 1 N–H and O–H groups in total. The summed E-state index contributed by atoms with van der Waals surface area (Å²) in [4.78, 5) is 0. The molecule has 0 saturated carbocycles. The molecule has 0 saturated heterocycles. The van der Waals surface area contributed by atoms with Crippen LogP contribution in [0.3, 0.4) is 0 Å². The highest BCUT2D eigenvalue weighted by molar-refractivity contribution is 5.34. The molecule has 0 heterocycles. The highest BCUT2D eigenvalue weighted by atomic mass is 19.4. The molecule has 0 aliphatic carbocycles. The van der Waals surface area contributed by atoms with Gasteiger partial charge in [0.1, 0.15) is 0 Å².